The van der Waals surface area contributed by atoms with Crippen LogP contribution in [-0.2, 0) is 6.54 Å². The number of piperazine rings is 1. The van der Waals surface area contributed by atoms with Crippen molar-refractivity contribution in [2.45, 2.75) is 40.7 Å². The van der Waals surface area contributed by atoms with E-state index in [0.29, 0.717) is 5.92 Å². The predicted octanol–water partition coefficient (Wildman–Crippen LogP) is 1.95. The minimum Gasteiger partial charge on any atom is -0.356 e. The highest BCUT2D eigenvalue weighted by molar-refractivity contribution is 14.0. The van der Waals surface area contributed by atoms with Crippen LogP contribution in [0.2, 0.25) is 0 Å². The third-order valence-corrected chi connectivity index (χ3v) is 5.27. The number of nitrogens with one attached hydrogen (secondary N) is 2. The van der Waals surface area contributed by atoms with E-state index in [9.17, 15) is 0 Å². The zero-order chi connectivity index (χ0) is 19.6. The van der Waals surface area contributed by atoms with Gasteiger partial charge in [-0.3, -0.25) is 9.67 Å². The van der Waals surface area contributed by atoms with Crippen LogP contribution in [0, 0.1) is 19.8 Å². The first-order valence-corrected chi connectivity index (χ1v) is 10.4. The summed E-state index contributed by atoms with van der Waals surface area (Å²) in [5.41, 5.74) is 2.31. The first-order valence-electron chi connectivity index (χ1n) is 10.4. The maximum absolute atomic E-state index is 4.51. The van der Waals surface area contributed by atoms with Crippen molar-refractivity contribution >= 4 is 29.9 Å². The van der Waals surface area contributed by atoms with E-state index in [1.165, 1.54) is 38.4 Å². The van der Waals surface area contributed by atoms with Gasteiger partial charge in [0.15, 0.2) is 5.96 Å². The molecule has 1 saturated heterocycles. The molecule has 8 heteroatoms. The lowest BCUT2D eigenvalue weighted by molar-refractivity contribution is 0.124. The Kier molecular flexibility index (Phi) is 12.0. The fourth-order valence-electron chi connectivity index (χ4n) is 3.62. The van der Waals surface area contributed by atoms with Crippen LogP contribution in [0.15, 0.2) is 11.1 Å². The number of aromatic nitrogens is 2. The fraction of sp³-hybridized carbons (Fsp3) is 0.800. The molecule has 0 saturated carbocycles. The van der Waals surface area contributed by atoms with Crippen molar-refractivity contribution in [3.63, 3.8) is 0 Å². The minimum absolute atomic E-state index is 0. The van der Waals surface area contributed by atoms with Gasteiger partial charge < -0.3 is 20.4 Å². The Balaban J connectivity index is 0.00000392. The molecular formula is C20H40IN7. The van der Waals surface area contributed by atoms with Crippen LogP contribution in [0.3, 0.4) is 0 Å². The van der Waals surface area contributed by atoms with Gasteiger partial charge in [0, 0.05) is 65.1 Å². The van der Waals surface area contributed by atoms with Gasteiger partial charge in [0.2, 0.25) is 0 Å². The Hall–Kier alpha value is -0.870. The highest BCUT2D eigenvalue weighted by Gasteiger charge is 2.17. The Labute approximate surface area is 188 Å². The molecule has 7 nitrogen and oxygen atoms in total. The molecular weight excluding hydrogens is 465 g/mol. The van der Waals surface area contributed by atoms with Crippen LogP contribution in [0.5, 0.6) is 0 Å². The summed E-state index contributed by atoms with van der Waals surface area (Å²) in [5.74, 6) is 1.50. The van der Waals surface area contributed by atoms with E-state index in [0.717, 1.165) is 44.3 Å². The molecule has 0 amide bonds. The molecule has 2 N–H and O–H groups in total. The maximum Gasteiger partial charge on any atom is 0.190 e. The van der Waals surface area contributed by atoms with Gasteiger partial charge in [-0.25, -0.2) is 0 Å². The van der Waals surface area contributed by atoms with Crippen molar-refractivity contribution in [2.24, 2.45) is 10.9 Å². The fourth-order valence-corrected chi connectivity index (χ4v) is 3.62. The molecule has 1 atom stereocenters. The zero-order valence-corrected chi connectivity index (χ0v) is 20.7. The first-order chi connectivity index (χ1) is 13.0. The molecule has 1 aromatic rings. The molecule has 0 bridgehead atoms. The highest BCUT2D eigenvalue weighted by Crippen LogP contribution is 2.05. The van der Waals surface area contributed by atoms with E-state index >= 15 is 0 Å². The van der Waals surface area contributed by atoms with Crippen LogP contribution < -0.4 is 10.6 Å². The standard InChI is InChI=1S/C20H39N7.HI/c1-6-25-10-12-26(13-11-25)16-17(2)15-23-20(21-5)22-8-7-9-27-19(4)14-18(3)24-27;/h14,17H,6-13,15-16H2,1-5H3,(H2,21,22,23);1H. The zero-order valence-electron chi connectivity index (χ0n) is 18.4. The topological polar surface area (TPSA) is 60.7 Å². The van der Waals surface area contributed by atoms with Gasteiger partial charge in [-0.2, -0.15) is 5.10 Å². The van der Waals surface area contributed by atoms with Crippen molar-refractivity contribution in [3.05, 3.63) is 17.5 Å². The summed E-state index contributed by atoms with van der Waals surface area (Å²) in [5, 5.41) is 11.4. The molecule has 0 aromatic carbocycles. The Bertz CT molecular complexity index is 579. The SMILES string of the molecule is CCN1CCN(CC(C)CNC(=NC)NCCCn2nc(C)cc2C)CC1.I. The lowest BCUT2D eigenvalue weighted by Gasteiger charge is -2.35. The second-order valence-corrected chi connectivity index (χ2v) is 7.72. The monoisotopic (exact) mass is 505 g/mol. The number of aryl methyl sites for hydroxylation is 3. The Morgan fingerprint density at radius 2 is 1.86 bits per heavy atom. The summed E-state index contributed by atoms with van der Waals surface area (Å²) in [7, 11) is 1.84. The molecule has 1 fully saturated rings. The van der Waals surface area contributed by atoms with Crippen LogP contribution in [-0.4, -0.2) is 84.9 Å². The van der Waals surface area contributed by atoms with Crippen molar-refractivity contribution in [1.82, 2.24) is 30.2 Å². The summed E-state index contributed by atoms with van der Waals surface area (Å²) >= 11 is 0. The maximum atomic E-state index is 4.51. The molecule has 2 rings (SSSR count). The quantitative estimate of drug-likeness (QED) is 0.233. The normalized spacial score (nSPS) is 17.2. The molecule has 2 heterocycles. The summed E-state index contributed by atoms with van der Waals surface area (Å²) in [6, 6.07) is 2.12. The van der Waals surface area contributed by atoms with Gasteiger partial charge in [-0.15, -0.1) is 24.0 Å². The molecule has 0 aliphatic carbocycles. The second kappa shape index (κ2) is 13.4. The third kappa shape index (κ3) is 8.65. The number of halogens is 1. The van der Waals surface area contributed by atoms with Gasteiger partial charge in [0.05, 0.1) is 5.69 Å². The van der Waals surface area contributed by atoms with Crippen molar-refractivity contribution in [3.8, 4) is 0 Å². The Morgan fingerprint density at radius 1 is 1.18 bits per heavy atom. The number of nitrogens with zero attached hydrogens (tertiary/aromatic N) is 5. The van der Waals surface area contributed by atoms with Gasteiger partial charge in [-0.05, 0) is 38.8 Å². The minimum atomic E-state index is 0. The molecule has 1 unspecified atom stereocenters. The summed E-state index contributed by atoms with van der Waals surface area (Å²) in [4.78, 5) is 9.46. The van der Waals surface area contributed by atoms with E-state index in [4.69, 9.17) is 0 Å². The van der Waals surface area contributed by atoms with E-state index < -0.39 is 0 Å². The lowest BCUT2D eigenvalue weighted by atomic mass is 10.1. The smallest absolute Gasteiger partial charge is 0.190 e. The summed E-state index contributed by atoms with van der Waals surface area (Å²) < 4.78 is 2.08. The summed E-state index contributed by atoms with van der Waals surface area (Å²) in [6.45, 7) is 18.6. The number of likely N-dealkylation sites (N-methyl/N-ethyl adjacent to an activating group) is 1. The van der Waals surface area contributed by atoms with Crippen molar-refractivity contribution < 1.29 is 0 Å². The van der Waals surface area contributed by atoms with Crippen LogP contribution in [0.1, 0.15) is 31.7 Å². The number of hydrogen-bond acceptors (Lipinski definition) is 4. The summed E-state index contributed by atoms with van der Waals surface area (Å²) in [6.07, 6.45) is 1.03. The molecule has 1 aliphatic heterocycles. The largest absolute Gasteiger partial charge is 0.356 e. The average molecular weight is 505 g/mol. The van der Waals surface area contributed by atoms with Crippen LogP contribution in [0.25, 0.3) is 0 Å². The molecule has 162 valence electrons. The Morgan fingerprint density at radius 3 is 2.43 bits per heavy atom. The van der Waals surface area contributed by atoms with E-state index in [1.54, 1.807) is 0 Å². The molecule has 1 aromatic heterocycles. The lowest BCUT2D eigenvalue weighted by Crippen LogP contribution is -2.48. The second-order valence-electron chi connectivity index (χ2n) is 7.72. The van der Waals surface area contributed by atoms with Gasteiger partial charge in [-0.1, -0.05) is 13.8 Å². The number of hydrogen-bond donors (Lipinski definition) is 2. The van der Waals surface area contributed by atoms with Crippen LogP contribution >= 0.6 is 24.0 Å². The predicted molar refractivity (Wildman–Crippen MR) is 129 cm³/mol. The molecule has 0 spiro atoms. The van der Waals surface area contributed by atoms with Gasteiger partial charge in [0.25, 0.3) is 0 Å². The third-order valence-electron chi connectivity index (χ3n) is 5.27. The number of aliphatic imine (C=N–C) groups is 1. The van der Waals surface area contributed by atoms with Gasteiger partial charge in [0.1, 0.15) is 0 Å². The number of guanidine groups is 1. The first kappa shape index (κ1) is 25.2. The number of rotatable bonds is 9. The van der Waals surface area contributed by atoms with E-state index in [2.05, 4.69) is 62.0 Å². The molecule has 1 aliphatic rings. The van der Waals surface area contributed by atoms with E-state index in [-0.39, 0.29) is 24.0 Å². The van der Waals surface area contributed by atoms with Crippen LogP contribution in [0.4, 0.5) is 0 Å². The highest BCUT2D eigenvalue weighted by atomic mass is 127. The van der Waals surface area contributed by atoms with E-state index in [1.807, 2.05) is 14.0 Å². The van der Waals surface area contributed by atoms with Crippen molar-refractivity contribution in [2.75, 3.05) is 59.4 Å². The van der Waals surface area contributed by atoms with Crippen molar-refractivity contribution in [1.29, 1.82) is 0 Å². The average Bonchev–Trinajstić information content (AvgIpc) is 2.99. The van der Waals surface area contributed by atoms with Gasteiger partial charge >= 0.3 is 0 Å². The molecule has 0 radical (unpaired) electrons. The molecule has 28 heavy (non-hydrogen) atoms.